The van der Waals surface area contributed by atoms with Gasteiger partial charge in [-0.1, -0.05) is 11.6 Å². The first-order chi connectivity index (χ1) is 11.5. The van der Waals surface area contributed by atoms with Gasteiger partial charge in [-0.2, -0.15) is 9.78 Å². The standard InChI is InChI=1S/C16H15ClN4O3/c17-15-14(19-9-10-1-2-13(19)7-10)8-18-20(16(15)22)11-3-5-12(6-4-11)21(23)24/h3-6,8,10,13H,1-2,7,9H2. The van der Waals surface area contributed by atoms with Crippen LogP contribution in [0.3, 0.4) is 0 Å². The number of nitrogens with zero attached hydrogens (tertiary/aromatic N) is 4. The van der Waals surface area contributed by atoms with E-state index in [1.807, 2.05) is 0 Å². The number of nitro benzene ring substituents is 1. The molecule has 124 valence electrons. The molecule has 2 atom stereocenters. The van der Waals surface area contributed by atoms with Gasteiger partial charge in [-0.05, 0) is 37.3 Å². The van der Waals surface area contributed by atoms with Crippen molar-refractivity contribution in [1.29, 1.82) is 0 Å². The van der Waals surface area contributed by atoms with Crippen LogP contribution in [0.4, 0.5) is 11.4 Å². The average molecular weight is 347 g/mol. The molecule has 0 spiro atoms. The Morgan fingerprint density at radius 3 is 2.58 bits per heavy atom. The number of non-ortho nitro benzene ring substituents is 1. The molecule has 0 amide bonds. The summed E-state index contributed by atoms with van der Waals surface area (Å²) in [5.41, 5.74) is 0.683. The van der Waals surface area contributed by atoms with Gasteiger partial charge in [0.25, 0.3) is 11.2 Å². The molecule has 7 nitrogen and oxygen atoms in total. The van der Waals surface area contributed by atoms with Crippen molar-refractivity contribution in [2.75, 3.05) is 11.4 Å². The molecule has 1 aromatic carbocycles. The van der Waals surface area contributed by atoms with Crippen molar-refractivity contribution in [2.45, 2.75) is 25.3 Å². The number of fused-ring (bicyclic) bond motifs is 2. The number of hydrogen-bond donors (Lipinski definition) is 0. The summed E-state index contributed by atoms with van der Waals surface area (Å²) in [6, 6.07) is 6.10. The Balaban J connectivity index is 1.70. The molecule has 1 aromatic heterocycles. The Bertz CT molecular complexity index is 865. The Labute approximate surface area is 142 Å². The maximum atomic E-state index is 12.6. The van der Waals surface area contributed by atoms with E-state index in [1.54, 1.807) is 6.20 Å². The third kappa shape index (κ3) is 2.36. The number of aromatic nitrogens is 2. The van der Waals surface area contributed by atoms with Crippen molar-refractivity contribution in [2.24, 2.45) is 5.92 Å². The van der Waals surface area contributed by atoms with Crippen LogP contribution < -0.4 is 10.5 Å². The van der Waals surface area contributed by atoms with Crippen molar-refractivity contribution in [1.82, 2.24) is 9.78 Å². The number of hydrogen-bond acceptors (Lipinski definition) is 5. The molecule has 0 N–H and O–H groups in total. The lowest BCUT2D eigenvalue weighted by Gasteiger charge is -2.29. The molecule has 2 unspecified atom stereocenters. The van der Waals surface area contributed by atoms with Crippen LogP contribution in [-0.2, 0) is 0 Å². The number of rotatable bonds is 3. The predicted molar refractivity (Wildman–Crippen MR) is 90.0 cm³/mol. The van der Waals surface area contributed by atoms with Crippen molar-refractivity contribution < 1.29 is 4.92 Å². The van der Waals surface area contributed by atoms with Crippen molar-refractivity contribution >= 4 is 23.0 Å². The molecule has 2 aromatic rings. The predicted octanol–water partition coefficient (Wildman–Crippen LogP) is 2.78. The largest absolute Gasteiger partial charge is 0.366 e. The first kappa shape index (κ1) is 15.1. The van der Waals surface area contributed by atoms with Crippen LogP contribution >= 0.6 is 11.6 Å². The highest BCUT2D eigenvalue weighted by atomic mass is 35.5. The second-order valence-electron chi connectivity index (χ2n) is 6.32. The molecule has 24 heavy (non-hydrogen) atoms. The van der Waals surface area contributed by atoms with Gasteiger partial charge in [0, 0.05) is 24.7 Å². The zero-order valence-corrected chi connectivity index (χ0v) is 13.5. The maximum Gasteiger partial charge on any atom is 0.292 e. The fourth-order valence-corrected chi connectivity index (χ4v) is 3.98. The smallest absolute Gasteiger partial charge is 0.292 e. The number of anilines is 1. The summed E-state index contributed by atoms with van der Waals surface area (Å²) in [5, 5.41) is 15.1. The SMILES string of the molecule is O=c1c(Cl)c(N2CC3CCC2C3)cnn1-c1ccc([N+](=O)[O-])cc1. The average Bonchev–Trinajstić information content (AvgIpc) is 3.20. The summed E-state index contributed by atoms with van der Waals surface area (Å²) in [6.45, 7) is 0.924. The summed E-state index contributed by atoms with van der Waals surface area (Å²) in [7, 11) is 0. The van der Waals surface area contributed by atoms with Crippen LogP contribution in [0.25, 0.3) is 5.69 Å². The minimum Gasteiger partial charge on any atom is -0.366 e. The van der Waals surface area contributed by atoms with Crippen molar-refractivity contribution in [3.05, 3.63) is 56.0 Å². The molecule has 1 saturated heterocycles. The number of benzene rings is 1. The van der Waals surface area contributed by atoms with Gasteiger partial charge >= 0.3 is 0 Å². The topological polar surface area (TPSA) is 81.3 Å². The van der Waals surface area contributed by atoms with E-state index in [1.165, 1.54) is 35.4 Å². The van der Waals surface area contributed by atoms with Crippen LogP contribution in [0.5, 0.6) is 0 Å². The Hall–Kier alpha value is -2.41. The highest BCUT2D eigenvalue weighted by Crippen LogP contribution is 2.41. The van der Waals surface area contributed by atoms with Crippen LogP contribution in [-0.4, -0.2) is 27.3 Å². The van der Waals surface area contributed by atoms with E-state index in [2.05, 4.69) is 10.00 Å². The van der Waals surface area contributed by atoms with Crippen LogP contribution in [0.15, 0.2) is 35.3 Å². The molecule has 2 bridgehead atoms. The monoisotopic (exact) mass is 346 g/mol. The molecule has 1 aliphatic carbocycles. The molecule has 1 saturated carbocycles. The molecule has 1 aliphatic heterocycles. The van der Waals surface area contributed by atoms with Gasteiger partial charge < -0.3 is 4.90 Å². The third-order valence-electron chi connectivity index (χ3n) is 4.92. The Morgan fingerprint density at radius 2 is 2.00 bits per heavy atom. The molecule has 8 heteroatoms. The van der Waals surface area contributed by atoms with E-state index in [-0.39, 0.29) is 10.7 Å². The molecule has 0 radical (unpaired) electrons. The molecule has 2 heterocycles. The summed E-state index contributed by atoms with van der Waals surface area (Å²) in [4.78, 5) is 25.0. The maximum absolute atomic E-state index is 12.6. The van der Waals surface area contributed by atoms with E-state index < -0.39 is 10.5 Å². The van der Waals surface area contributed by atoms with Crippen LogP contribution in [0.2, 0.25) is 5.02 Å². The first-order valence-corrected chi connectivity index (χ1v) is 8.21. The quantitative estimate of drug-likeness (QED) is 0.630. The van der Waals surface area contributed by atoms with E-state index in [0.29, 0.717) is 23.3 Å². The molecule has 4 rings (SSSR count). The highest BCUT2D eigenvalue weighted by Gasteiger charge is 2.39. The lowest BCUT2D eigenvalue weighted by molar-refractivity contribution is -0.384. The summed E-state index contributed by atoms with van der Waals surface area (Å²) in [6.07, 6.45) is 5.14. The highest BCUT2D eigenvalue weighted by molar-refractivity contribution is 6.33. The van der Waals surface area contributed by atoms with Crippen LogP contribution in [0, 0.1) is 16.0 Å². The van der Waals surface area contributed by atoms with Gasteiger partial charge in [-0.15, -0.1) is 0 Å². The van der Waals surface area contributed by atoms with Crippen molar-refractivity contribution in [3.63, 3.8) is 0 Å². The summed E-state index contributed by atoms with van der Waals surface area (Å²) < 4.78 is 1.17. The minimum absolute atomic E-state index is 0.0393. The van der Waals surface area contributed by atoms with Gasteiger partial charge in [0.15, 0.2) is 0 Å². The normalized spacial score (nSPS) is 22.1. The van der Waals surface area contributed by atoms with Gasteiger partial charge in [0.05, 0.1) is 22.5 Å². The van der Waals surface area contributed by atoms with Gasteiger partial charge in [-0.3, -0.25) is 14.9 Å². The van der Waals surface area contributed by atoms with E-state index in [0.717, 1.165) is 19.4 Å². The summed E-state index contributed by atoms with van der Waals surface area (Å²) in [5.74, 6) is 0.683. The van der Waals surface area contributed by atoms with Gasteiger partial charge in [0.1, 0.15) is 5.02 Å². The Morgan fingerprint density at radius 1 is 1.25 bits per heavy atom. The van der Waals surface area contributed by atoms with E-state index in [9.17, 15) is 14.9 Å². The molecular weight excluding hydrogens is 332 g/mol. The van der Waals surface area contributed by atoms with Crippen LogP contribution in [0.1, 0.15) is 19.3 Å². The van der Waals surface area contributed by atoms with Gasteiger partial charge in [-0.25, -0.2) is 0 Å². The zero-order valence-electron chi connectivity index (χ0n) is 12.8. The lowest BCUT2D eigenvalue weighted by atomic mass is 10.1. The van der Waals surface area contributed by atoms with Gasteiger partial charge in [0.2, 0.25) is 0 Å². The number of piperidine rings is 1. The second-order valence-corrected chi connectivity index (χ2v) is 6.70. The first-order valence-electron chi connectivity index (χ1n) is 7.84. The number of nitro groups is 1. The van der Waals surface area contributed by atoms with Crippen molar-refractivity contribution in [3.8, 4) is 5.69 Å². The molecule has 2 aliphatic rings. The second kappa shape index (κ2) is 5.59. The van der Waals surface area contributed by atoms with E-state index in [4.69, 9.17) is 11.6 Å². The third-order valence-corrected chi connectivity index (χ3v) is 5.28. The molecular formula is C16H15ClN4O3. The molecule has 2 fully saturated rings. The zero-order chi connectivity index (χ0) is 16.8. The lowest BCUT2D eigenvalue weighted by Crippen LogP contribution is -2.34. The summed E-state index contributed by atoms with van der Waals surface area (Å²) >= 11 is 6.32. The number of halogens is 1. The minimum atomic E-state index is -0.488. The fraction of sp³-hybridized carbons (Fsp3) is 0.375. The Kier molecular flexibility index (Phi) is 3.53. The van der Waals surface area contributed by atoms with E-state index >= 15 is 0 Å². The fourth-order valence-electron chi connectivity index (χ4n) is 3.74.